The van der Waals surface area contributed by atoms with Gasteiger partial charge in [0, 0.05) is 69.1 Å². The number of amides is 6. The van der Waals surface area contributed by atoms with Gasteiger partial charge in [0.15, 0.2) is 0 Å². The Kier molecular flexibility index (Phi) is 26.1. The zero-order chi connectivity index (χ0) is 53.9. The van der Waals surface area contributed by atoms with Crippen molar-refractivity contribution in [3.8, 4) is 0 Å². The molecule has 6 unspecified atom stereocenters. The number of methoxy groups -OCH3 is 2. The van der Waals surface area contributed by atoms with Crippen LogP contribution >= 0.6 is 0 Å². The van der Waals surface area contributed by atoms with Gasteiger partial charge in [0.1, 0.15) is 13.2 Å². The van der Waals surface area contributed by atoms with Gasteiger partial charge in [-0.05, 0) is 73.9 Å². The van der Waals surface area contributed by atoms with Crippen LogP contribution in [0.3, 0.4) is 0 Å². The number of nitrogens with one attached hydrogen (secondary N) is 4. The molecule has 0 heterocycles. The molecule has 24 nitrogen and oxygen atoms in total. The van der Waals surface area contributed by atoms with E-state index in [0.29, 0.717) is 0 Å². The standard InChI is InChI=1S/C47H74N6O18/c1-9-34-40(46(68)50-14-32(62)20-56)25(4)41(47(69)51-15-33(63)21-57)35(10-2)43(34)53(37(65)23-71-8)17-29(59)11-28(58)16-52(36(64)22-70-7)42-26(5)38(44(66)48-12-30(60)18-54)24(3)39(27(42)6)45(67)49-13-31(61)19-55/h28-33,54-63H,9-23H2,1-8H3,(H,48,66)(H,49,67)(H,50,68)(H,51,69). The van der Waals surface area contributed by atoms with Crippen molar-refractivity contribution in [2.75, 3.05) is 103 Å². The monoisotopic (exact) mass is 1010 g/mol. The van der Waals surface area contributed by atoms with E-state index in [9.17, 15) is 79.8 Å². The van der Waals surface area contributed by atoms with Crippen LogP contribution in [0, 0.1) is 27.7 Å². The highest BCUT2D eigenvalue weighted by Crippen LogP contribution is 2.38. The summed E-state index contributed by atoms with van der Waals surface area (Å²) < 4.78 is 10.4. The quantitative estimate of drug-likeness (QED) is 0.0356. The molecule has 2 rings (SSSR count). The number of aliphatic hydroxyl groups excluding tert-OH is 10. The number of benzene rings is 2. The molecule has 400 valence electrons. The summed E-state index contributed by atoms with van der Waals surface area (Å²) in [4.78, 5) is 85.9. The molecule has 0 saturated heterocycles. The van der Waals surface area contributed by atoms with Gasteiger partial charge >= 0.3 is 0 Å². The molecular weight excluding hydrogens is 937 g/mol. The van der Waals surface area contributed by atoms with Gasteiger partial charge in [0.2, 0.25) is 0 Å². The first-order valence-corrected chi connectivity index (χ1v) is 23.1. The van der Waals surface area contributed by atoms with E-state index in [-0.39, 0.29) is 79.9 Å². The highest BCUT2D eigenvalue weighted by atomic mass is 16.5. The Hall–Kier alpha value is -5.22. The molecular formula is C47H74N6O18. The molecule has 6 atom stereocenters. The number of anilines is 2. The molecule has 2 aromatic rings. The van der Waals surface area contributed by atoms with Gasteiger partial charge in [0.05, 0.1) is 87.5 Å². The van der Waals surface area contributed by atoms with E-state index in [1.807, 2.05) is 0 Å². The maximum Gasteiger partial charge on any atom is 0.253 e. The fourth-order valence-corrected chi connectivity index (χ4v) is 8.29. The predicted molar refractivity (Wildman–Crippen MR) is 257 cm³/mol. The largest absolute Gasteiger partial charge is 0.394 e. The summed E-state index contributed by atoms with van der Waals surface area (Å²) >= 11 is 0. The third-order valence-corrected chi connectivity index (χ3v) is 11.6. The molecule has 0 aliphatic heterocycles. The first kappa shape index (κ1) is 61.9. The van der Waals surface area contributed by atoms with Crippen LogP contribution < -0.4 is 31.1 Å². The SMILES string of the molecule is CCc1c(C(=O)NCC(O)CO)c(C)c(C(=O)NCC(O)CO)c(CC)c1N(CC(O)CC(O)CN(C(=O)COC)c1c(C)c(C(=O)NCC(O)CO)c(C)c(C(=O)NCC(O)CO)c1C)C(=O)COC. The minimum absolute atomic E-state index is 0.0294. The Morgan fingerprint density at radius 3 is 1.01 bits per heavy atom. The zero-order valence-electron chi connectivity index (χ0n) is 41.7. The van der Waals surface area contributed by atoms with Gasteiger partial charge in [-0.1, -0.05) is 13.8 Å². The van der Waals surface area contributed by atoms with Crippen molar-refractivity contribution < 1.29 is 89.3 Å². The molecule has 0 aliphatic carbocycles. The lowest BCUT2D eigenvalue weighted by atomic mass is 9.86. The van der Waals surface area contributed by atoms with Crippen molar-refractivity contribution in [1.29, 1.82) is 0 Å². The molecule has 14 N–H and O–H groups in total. The Morgan fingerprint density at radius 1 is 0.451 bits per heavy atom. The van der Waals surface area contributed by atoms with Gasteiger partial charge in [-0.25, -0.2) is 0 Å². The van der Waals surface area contributed by atoms with Crippen LogP contribution in [0.25, 0.3) is 0 Å². The van der Waals surface area contributed by atoms with Crippen LogP contribution in [-0.2, 0) is 31.9 Å². The predicted octanol–water partition coefficient (Wildman–Crippen LogP) is -3.85. The van der Waals surface area contributed by atoms with E-state index < -0.39 is 157 Å². The number of hydrogen-bond donors (Lipinski definition) is 14. The van der Waals surface area contributed by atoms with Crippen molar-refractivity contribution in [2.24, 2.45) is 0 Å². The lowest BCUT2D eigenvalue weighted by Crippen LogP contribution is -2.45. The third-order valence-electron chi connectivity index (χ3n) is 11.6. The average molecular weight is 1010 g/mol. The van der Waals surface area contributed by atoms with Crippen LogP contribution in [-0.4, -0.2) is 216 Å². The number of hydrogen-bond acceptors (Lipinski definition) is 18. The number of aliphatic hydroxyl groups is 10. The van der Waals surface area contributed by atoms with Crippen LogP contribution in [0.1, 0.15) is 95.1 Å². The molecule has 71 heavy (non-hydrogen) atoms. The van der Waals surface area contributed by atoms with Crippen molar-refractivity contribution in [1.82, 2.24) is 21.3 Å². The molecule has 6 amide bonds. The maximum absolute atomic E-state index is 14.2. The number of nitrogens with zero attached hydrogens (tertiary/aromatic N) is 2. The van der Waals surface area contributed by atoms with Crippen LogP contribution in [0.5, 0.6) is 0 Å². The Morgan fingerprint density at radius 2 is 0.732 bits per heavy atom. The molecule has 0 spiro atoms. The summed E-state index contributed by atoms with van der Waals surface area (Å²) in [5.74, 6) is -4.72. The molecule has 0 saturated carbocycles. The number of carbonyl (C=O) groups excluding carboxylic acids is 6. The van der Waals surface area contributed by atoms with E-state index in [2.05, 4.69) is 21.3 Å². The highest BCUT2D eigenvalue weighted by Gasteiger charge is 2.35. The van der Waals surface area contributed by atoms with Crippen LogP contribution in [0.4, 0.5) is 11.4 Å². The van der Waals surface area contributed by atoms with E-state index in [1.165, 1.54) is 41.9 Å². The summed E-state index contributed by atoms with van der Waals surface area (Å²) in [6.07, 6.45) is -9.08. The van der Waals surface area contributed by atoms with Gasteiger partial charge in [-0.15, -0.1) is 0 Å². The molecule has 0 bridgehead atoms. The van der Waals surface area contributed by atoms with Gasteiger partial charge in [0.25, 0.3) is 35.4 Å². The van der Waals surface area contributed by atoms with Crippen LogP contribution in [0.15, 0.2) is 0 Å². The highest BCUT2D eigenvalue weighted by molar-refractivity contribution is 6.10. The summed E-state index contributed by atoms with van der Waals surface area (Å²) in [6, 6.07) is 0. The second-order valence-electron chi connectivity index (χ2n) is 17.0. The molecule has 24 heteroatoms. The third kappa shape index (κ3) is 16.4. The first-order valence-electron chi connectivity index (χ1n) is 23.1. The number of carbonyl (C=O) groups is 6. The van der Waals surface area contributed by atoms with E-state index >= 15 is 0 Å². The van der Waals surface area contributed by atoms with Gasteiger partial charge in [-0.3, -0.25) is 28.8 Å². The van der Waals surface area contributed by atoms with Crippen molar-refractivity contribution >= 4 is 46.8 Å². The van der Waals surface area contributed by atoms with Crippen molar-refractivity contribution in [3.05, 3.63) is 55.6 Å². The normalized spacial score (nSPS) is 13.9. The Balaban J connectivity index is 2.89. The Bertz CT molecular complexity index is 2050. The second-order valence-corrected chi connectivity index (χ2v) is 17.0. The lowest BCUT2D eigenvalue weighted by molar-refractivity contribution is -0.123. The van der Waals surface area contributed by atoms with Gasteiger partial charge < -0.3 is 91.6 Å². The van der Waals surface area contributed by atoms with Gasteiger partial charge in [-0.2, -0.15) is 0 Å². The lowest BCUT2D eigenvalue weighted by Gasteiger charge is -2.34. The minimum atomic E-state index is -1.63. The summed E-state index contributed by atoms with van der Waals surface area (Å²) in [7, 11) is 2.47. The molecule has 0 aliphatic rings. The van der Waals surface area contributed by atoms with E-state index in [4.69, 9.17) is 9.47 Å². The van der Waals surface area contributed by atoms with Crippen molar-refractivity contribution in [2.45, 2.75) is 97.4 Å². The fraction of sp³-hybridized carbons (Fsp3) is 0.617. The smallest absolute Gasteiger partial charge is 0.253 e. The topological polar surface area (TPSA) is 378 Å². The zero-order valence-corrected chi connectivity index (χ0v) is 41.7. The Labute approximate surface area is 412 Å². The summed E-state index contributed by atoms with van der Waals surface area (Å²) in [5.41, 5.74) is 0.620. The maximum atomic E-state index is 14.2. The van der Waals surface area contributed by atoms with Crippen molar-refractivity contribution in [3.63, 3.8) is 0 Å². The molecule has 0 radical (unpaired) electrons. The fourth-order valence-electron chi connectivity index (χ4n) is 8.29. The minimum Gasteiger partial charge on any atom is -0.394 e. The van der Waals surface area contributed by atoms with E-state index in [1.54, 1.807) is 13.8 Å². The summed E-state index contributed by atoms with van der Waals surface area (Å²) in [5, 5.41) is 111. The van der Waals surface area contributed by atoms with Crippen LogP contribution in [0.2, 0.25) is 0 Å². The second kappa shape index (κ2) is 30.0. The molecule has 0 fully saturated rings. The summed E-state index contributed by atoms with van der Waals surface area (Å²) in [6.45, 7) is 2.57. The first-order chi connectivity index (χ1) is 33.5. The van der Waals surface area contributed by atoms with E-state index in [0.717, 1.165) is 9.80 Å². The molecule has 2 aromatic carbocycles. The molecule has 0 aromatic heterocycles. The number of rotatable bonds is 30. The number of ether oxygens (including phenoxy) is 2. The average Bonchev–Trinajstić information content (AvgIpc) is 3.33.